The number of hydrogen-bond acceptors (Lipinski definition) is 4. The molecule has 2 aromatic carbocycles. The molecular weight excluding hydrogens is 482 g/mol. The van der Waals surface area contributed by atoms with Crippen LogP contribution in [0.4, 0.5) is 11.4 Å². The van der Waals surface area contributed by atoms with Crippen LogP contribution >= 0.6 is 27.5 Å². The maximum absolute atomic E-state index is 13.8. The van der Waals surface area contributed by atoms with Gasteiger partial charge in [0.2, 0.25) is 17.7 Å². The second-order valence-electron chi connectivity index (χ2n) is 8.71. The first kappa shape index (κ1) is 19.5. The molecule has 6 nitrogen and oxygen atoms in total. The molecule has 3 saturated heterocycles. The van der Waals surface area contributed by atoms with Gasteiger partial charge in [0.1, 0.15) is 5.54 Å². The molecule has 0 bridgehead atoms. The summed E-state index contributed by atoms with van der Waals surface area (Å²) in [5.74, 6) is -2.03. The number of fused-ring (bicyclic) bond motifs is 7. The summed E-state index contributed by atoms with van der Waals surface area (Å²) in [6, 6.07) is 10.6. The van der Waals surface area contributed by atoms with E-state index in [0.29, 0.717) is 22.9 Å². The van der Waals surface area contributed by atoms with Crippen molar-refractivity contribution in [3.8, 4) is 0 Å². The highest BCUT2D eigenvalue weighted by Gasteiger charge is 2.74. The van der Waals surface area contributed by atoms with E-state index in [1.54, 1.807) is 18.2 Å². The number of anilines is 2. The van der Waals surface area contributed by atoms with Gasteiger partial charge in [0.25, 0.3) is 0 Å². The van der Waals surface area contributed by atoms with Gasteiger partial charge < -0.3 is 5.32 Å². The molecule has 1 spiro atoms. The van der Waals surface area contributed by atoms with Gasteiger partial charge in [-0.1, -0.05) is 33.6 Å². The average Bonchev–Trinajstić information content (AvgIpc) is 3.45. The minimum atomic E-state index is -1.17. The van der Waals surface area contributed by atoms with Crippen molar-refractivity contribution < 1.29 is 14.4 Å². The number of carbonyl (C=O) groups is 3. The zero-order valence-corrected chi connectivity index (χ0v) is 19.0. The summed E-state index contributed by atoms with van der Waals surface area (Å²) in [6.45, 7) is 2.55. The number of hydrogen-bond donors (Lipinski definition) is 1. The second-order valence-corrected chi connectivity index (χ2v) is 10.0. The van der Waals surface area contributed by atoms with Gasteiger partial charge in [-0.3, -0.25) is 19.3 Å². The molecule has 0 aliphatic carbocycles. The first-order valence-corrected chi connectivity index (χ1v) is 11.6. The summed E-state index contributed by atoms with van der Waals surface area (Å²) in [7, 11) is 0. The molecule has 3 amide bonds. The van der Waals surface area contributed by atoms with Crippen LogP contribution in [0.25, 0.3) is 0 Å². The van der Waals surface area contributed by atoms with Crippen LogP contribution in [-0.2, 0) is 19.9 Å². The Morgan fingerprint density at radius 1 is 1.10 bits per heavy atom. The lowest BCUT2D eigenvalue weighted by Gasteiger charge is -2.36. The van der Waals surface area contributed by atoms with E-state index in [1.165, 1.54) is 4.90 Å². The lowest BCUT2D eigenvalue weighted by atomic mass is 9.75. The largest absolute Gasteiger partial charge is 0.324 e. The van der Waals surface area contributed by atoms with Crippen LogP contribution in [0.2, 0.25) is 5.02 Å². The summed E-state index contributed by atoms with van der Waals surface area (Å²) >= 11 is 9.73. The standard InChI is InChI=1S/C23H19BrClN3O3/c1-11-15(25)9-8-14-19(11)26-22(31)23(14)18-17(16-3-2-10-27(16)23)20(29)28(21(18)30)13-6-4-12(24)5-7-13/h4-9,16-18H,2-3,10H2,1H3,(H,26,31)/t16-,17+,18-,23-/m0/s1. The lowest BCUT2D eigenvalue weighted by molar-refractivity contribution is -0.135. The molecule has 4 aliphatic heterocycles. The first-order valence-electron chi connectivity index (χ1n) is 10.4. The van der Waals surface area contributed by atoms with Crippen molar-refractivity contribution in [1.82, 2.24) is 4.90 Å². The molecule has 4 aliphatic rings. The Morgan fingerprint density at radius 2 is 1.84 bits per heavy atom. The van der Waals surface area contributed by atoms with Crippen LogP contribution in [0.3, 0.4) is 0 Å². The summed E-state index contributed by atoms with van der Waals surface area (Å²) in [4.78, 5) is 44.5. The predicted octanol–water partition coefficient (Wildman–Crippen LogP) is 3.84. The third kappa shape index (κ3) is 2.24. The molecule has 2 aromatic rings. The maximum atomic E-state index is 13.8. The topological polar surface area (TPSA) is 69.7 Å². The highest BCUT2D eigenvalue weighted by molar-refractivity contribution is 9.10. The molecule has 0 unspecified atom stereocenters. The fourth-order valence-electron chi connectivity index (χ4n) is 6.24. The summed E-state index contributed by atoms with van der Waals surface area (Å²) in [5, 5.41) is 3.57. The van der Waals surface area contributed by atoms with E-state index in [2.05, 4.69) is 26.1 Å². The van der Waals surface area contributed by atoms with Gasteiger partial charge in [-0.15, -0.1) is 0 Å². The zero-order valence-electron chi connectivity index (χ0n) is 16.7. The highest BCUT2D eigenvalue weighted by Crippen LogP contribution is 2.61. The van der Waals surface area contributed by atoms with Crippen molar-refractivity contribution in [3.63, 3.8) is 0 Å². The van der Waals surface area contributed by atoms with Crippen molar-refractivity contribution in [1.29, 1.82) is 0 Å². The molecule has 158 valence electrons. The fraction of sp³-hybridized carbons (Fsp3) is 0.348. The Labute approximate surface area is 192 Å². The van der Waals surface area contributed by atoms with E-state index in [0.717, 1.165) is 28.4 Å². The number of nitrogens with zero attached hydrogens (tertiary/aromatic N) is 2. The Morgan fingerprint density at radius 3 is 2.58 bits per heavy atom. The van der Waals surface area contributed by atoms with E-state index in [4.69, 9.17) is 11.6 Å². The SMILES string of the molecule is Cc1c(Cl)ccc2c1NC(=O)[C@@]21[C@@H]2C(=O)N(c3ccc(Br)cc3)C(=O)[C@@H]2[C@@H]2CCCN21. The molecule has 6 rings (SSSR count). The number of benzene rings is 2. The lowest BCUT2D eigenvalue weighted by Crippen LogP contribution is -2.54. The molecule has 31 heavy (non-hydrogen) atoms. The monoisotopic (exact) mass is 499 g/mol. The predicted molar refractivity (Wildman–Crippen MR) is 120 cm³/mol. The van der Waals surface area contributed by atoms with Crippen molar-refractivity contribution in [2.75, 3.05) is 16.8 Å². The molecule has 0 aromatic heterocycles. The van der Waals surface area contributed by atoms with Crippen molar-refractivity contribution >= 4 is 56.6 Å². The van der Waals surface area contributed by atoms with Crippen LogP contribution in [0, 0.1) is 18.8 Å². The Kier molecular flexibility index (Phi) is 4.02. The Hall–Kier alpha value is -2.22. The van der Waals surface area contributed by atoms with Crippen LogP contribution in [-0.4, -0.2) is 35.2 Å². The Balaban J connectivity index is 1.56. The minimum absolute atomic E-state index is 0.130. The molecule has 8 heteroatoms. The van der Waals surface area contributed by atoms with Crippen LogP contribution in [0.15, 0.2) is 40.9 Å². The van der Waals surface area contributed by atoms with Crippen LogP contribution < -0.4 is 10.2 Å². The Bertz CT molecular complexity index is 1180. The van der Waals surface area contributed by atoms with Crippen molar-refractivity contribution in [2.24, 2.45) is 11.8 Å². The number of carbonyl (C=O) groups excluding carboxylic acids is 3. The van der Waals surface area contributed by atoms with E-state index < -0.39 is 17.4 Å². The number of halogens is 2. The average molecular weight is 501 g/mol. The van der Waals surface area contributed by atoms with Gasteiger partial charge >= 0.3 is 0 Å². The number of rotatable bonds is 1. The van der Waals surface area contributed by atoms with E-state index >= 15 is 0 Å². The quantitative estimate of drug-likeness (QED) is 0.604. The number of imide groups is 1. The third-order valence-corrected chi connectivity index (χ3v) is 8.39. The van der Waals surface area contributed by atoms with Crippen LogP contribution in [0.5, 0.6) is 0 Å². The molecule has 0 radical (unpaired) electrons. The normalized spacial score (nSPS) is 31.4. The summed E-state index contributed by atoms with van der Waals surface area (Å²) in [5.41, 5.74) is 1.58. The van der Waals surface area contributed by atoms with E-state index in [1.807, 2.05) is 25.1 Å². The first-order chi connectivity index (χ1) is 14.9. The fourth-order valence-corrected chi connectivity index (χ4v) is 6.66. The van der Waals surface area contributed by atoms with Crippen molar-refractivity contribution in [2.45, 2.75) is 31.3 Å². The van der Waals surface area contributed by atoms with Gasteiger partial charge in [-0.05, 0) is 62.2 Å². The summed E-state index contributed by atoms with van der Waals surface area (Å²) < 4.78 is 0.866. The molecular formula is C23H19BrClN3O3. The molecule has 0 saturated carbocycles. The zero-order chi connectivity index (χ0) is 21.7. The molecule has 3 fully saturated rings. The van der Waals surface area contributed by atoms with Crippen LogP contribution in [0.1, 0.15) is 24.0 Å². The van der Waals surface area contributed by atoms with Gasteiger partial charge in [0.05, 0.1) is 23.2 Å². The molecule has 1 N–H and O–H groups in total. The third-order valence-electron chi connectivity index (χ3n) is 7.45. The van der Waals surface area contributed by atoms with Gasteiger partial charge in [-0.25, -0.2) is 4.90 Å². The van der Waals surface area contributed by atoms with Gasteiger partial charge in [0, 0.05) is 21.1 Å². The molecule has 4 atom stereocenters. The smallest absolute Gasteiger partial charge is 0.250 e. The maximum Gasteiger partial charge on any atom is 0.250 e. The van der Waals surface area contributed by atoms with E-state index in [-0.39, 0.29) is 23.8 Å². The van der Waals surface area contributed by atoms with Gasteiger partial charge in [-0.2, -0.15) is 0 Å². The number of nitrogens with one attached hydrogen (secondary N) is 1. The van der Waals surface area contributed by atoms with Crippen molar-refractivity contribution in [3.05, 3.63) is 57.0 Å². The van der Waals surface area contributed by atoms with E-state index in [9.17, 15) is 14.4 Å². The van der Waals surface area contributed by atoms with Gasteiger partial charge in [0.15, 0.2) is 0 Å². The molecule has 4 heterocycles. The second kappa shape index (κ2) is 6.40. The summed E-state index contributed by atoms with van der Waals surface area (Å²) in [6.07, 6.45) is 1.69. The minimum Gasteiger partial charge on any atom is -0.324 e. The highest BCUT2D eigenvalue weighted by atomic mass is 79.9. The number of amides is 3.